The number of aromatic nitrogens is 1. The molecule has 1 aromatic heterocycles. The number of hydrogen-bond donors (Lipinski definition) is 1. The van der Waals surface area contributed by atoms with Crippen LogP contribution in [0.1, 0.15) is 0 Å². The average Bonchev–Trinajstić information content (AvgIpc) is 2.24. The molecule has 0 saturated carbocycles. The predicted molar refractivity (Wildman–Crippen MR) is 67.9 cm³/mol. The Labute approximate surface area is 106 Å². The molecule has 0 unspecified atom stereocenters. The van der Waals surface area contributed by atoms with E-state index in [0.29, 0.717) is 22.2 Å². The Hall–Kier alpha value is -1.26. The van der Waals surface area contributed by atoms with Crippen LogP contribution in [0.3, 0.4) is 0 Å². The van der Waals surface area contributed by atoms with E-state index in [1.54, 1.807) is 30.6 Å². The first-order valence-electron chi connectivity index (χ1n) is 4.48. The molecular formula is C11H8BrClN2O. The number of rotatable bonds is 2. The van der Waals surface area contributed by atoms with Gasteiger partial charge in [0, 0.05) is 16.7 Å². The second-order valence-electron chi connectivity index (χ2n) is 3.12. The van der Waals surface area contributed by atoms with Crippen LogP contribution in [0.4, 0.5) is 5.69 Å². The largest absolute Gasteiger partial charge is 0.453 e. The fourth-order valence-electron chi connectivity index (χ4n) is 1.17. The SMILES string of the molecule is Nc1ccc(Br)cc1Oc1cncc(Cl)c1. The topological polar surface area (TPSA) is 48.1 Å². The molecule has 3 nitrogen and oxygen atoms in total. The Kier molecular flexibility index (Phi) is 3.31. The molecule has 0 fully saturated rings. The molecule has 0 amide bonds. The molecule has 0 aliphatic rings. The Morgan fingerprint density at radius 2 is 2.06 bits per heavy atom. The molecular weight excluding hydrogens is 291 g/mol. The second kappa shape index (κ2) is 4.72. The maximum absolute atomic E-state index is 5.80. The van der Waals surface area contributed by atoms with Crippen molar-refractivity contribution in [2.45, 2.75) is 0 Å². The van der Waals surface area contributed by atoms with E-state index in [1.165, 1.54) is 0 Å². The van der Waals surface area contributed by atoms with Gasteiger partial charge in [-0.1, -0.05) is 27.5 Å². The number of nitrogens with two attached hydrogens (primary N) is 1. The van der Waals surface area contributed by atoms with Crippen LogP contribution < -0.4 is 10.5 Å². The summed E-state index contributed by atoms with van der Waals surface area (Å²) < 4.78 is 6.46. The van der Waals surface area contributed by atoms with Crippen LogP contribution in [0.25, 0.3) is 0 Å². The number of benzene rings is 1. The summed E-state index contributed by atoms with van der Waals surface area (Å²) in [5.41, 5.74) is 6.33. The fraction of sp³-hybridized carbons (Fsp3) is 0. The van der Waals surface area contributed by atoms with Crippen molar-refractivity contribution < 1.29 is 4.74 Å². The average molecular weight is 300 g/mol. The second-order valence-corrected chi connectivity index (χ2v) is 4.48. The third kappa shape index (κ3) is 2.65. The van der Waals surface area contributed by atoms with Crippen LogP contribution in [0.5, 0.6) is 11.5 Å². The molecule has 5 heteroatoms. The minimum Gasteiger partial charge on any atom is -0.453 e. The van der Waals surface area contributed by atoms with Gasteiger partial charge in [-0.05, 0) is 18.2 Å². The van der Waals surface area contributed by atoms with Gasteiger partial charge in [0.25, 0.3) is 0 Å². The van der Waals surface area contributed by atoms with E-state index in [4.69, 9.17) is 22.1 Å². The highest BCUT2D eigenvalue weighted by molar-refractivity contribution is 9.10. The lowest BCUT2D eigenvalue weighted by molar-refractivity contribution is 0.482. The molecule has 2 N–H and O–H groups in total. The quantitative estimate of drug-likeness (QED) is 0.856. The summed E-state index contributed by atoms with van der Waals surface area (Å²) in [4.78, 5) is 3.92. The molecule has 2 aromatic rings. The number of nitrogens with zero attached hydrogens (tertiary/aromatic N) is 1. The van der Waals surface area contributed by atoms with Crippen molar-refractivity contribution in [1.29, 1.82) is 0 Å². The van der Waals surface area contributed by atoms with Crippen LogP contribution >= 0.6 is 27.5 Å². The van der Waals surface area contributed by atoms with E-state index in [1.807, 2.05) is 6.07 Å². The zero-order chi connectivity index (χ0) is 11.5. The van der Waals surface area contributed by atoms with E-state index in [-0.39, 0.29) is 0 Å². The zero-order valence-electron chi connectivity index (χ0n) is 8.15. The Bertz CT molecular complexity index is 519. The molecule has 1 heterocycles. The van der Waals surface area contributed by atoms with Crippen LogP contribution in [0.15, 0.2) is 41.1 Å². The molecule has 0 atom stereocenters. The highest BCUT2D eigenvalue weighted by Gasteiger charge is 2.03. The first-order chi connectivity index (χ1) is 7.65. The van der Waals surface area contributed by atoms with Crippen molar-refractivity contribution in [2.24, 2.45) is 0 Å². The predicted octanol–water partition coefficient (Wildman–Crippen LogP) is 3.87. The molecule has 16 heavy (non-hydrogen) atoms. The minimum atomic E-state index is 0.520. The molecule has 0 radical (unpaired) electrons. The third-order valence-corrected chi connectivity index (χ3v) is 2.58. The van der Waals surface area contributed by atoms with E-state index < -0.39 is 0 Å². The standard InChI is InChI=1S/C11H8BrClN2O/c12-7-1-2-10(14)11(3-7)16-9-4-8(13)5-15-6-9/h1-6H,14H2. The normalized spacial score (nSPS) is 10.1. The lowest BCUT2D eigenvalue weighted by atomic mass is 10.3. The molecule has 0 bridgehead atoms. The van der Waals surface area contributed by atoms with Gasteiger partial charge in [0.2, 0.25) is 0 Å². The Balaban J connectivity index is 2.30. The number of ether oxygens (including phenoxy) is 1. The molecule has 1 aromatic carbocycles. The van der Waals surface area contributed by atoms with Gasteiger partial charge >= 0.3 is 0 Å². The first kappa shape index (κ1) is 11.2. The number of pyridine rings is 1. The van der Waals surface area contributed by atoms with Crippen molar-refractivity contribution in [1.82, 2.24) is 4.98 Å². The van der Waals surface area contributed by atoms with Crippen LogP contribution in [-0.2, 0) is 0 Å². The number of anilines is 1. The van der Waals surface area contributed by atoms with Gasteiger partial charge < -0.3 is 10.5 Å². The van der Waals surface area contributed by atoms with Gasteiger partial charge in [-0.3, -0.25) is 4.98 Å². The minimum absolute atomic E-state index is 0.520. The number of hydrogen-bond acceptors (Lipinski definition) is 3. The number of nitrogen functional groups attached to an aromatic ring is 1. The maximum Gasteiger partial charge on any atom is 0.151 e. The molecule has 0 saturated heterocycles. The third-order valence-electron chi connectivity index (χ3n) is 1.88. The highest BCUT2D eigenvalue weighted by Crippen LogP contribution is 2.30. The monoisotopic (exact) mass is 298 g/mol. The molecule has 2 rings (SSSR count). The first-order valence-corrected chi connectivity index (χ1v) is 5.65. The van der Waals surface area contributed by atoms with Crippen molar-refractivity contribution >= 4 is 33.2 Å². The van der Waals surface area contributed by atoms with Crippen molar-refractivity contribution in [2.75, 3.05) is 5.73 Å². The van der Waals surface area contributed by atoms with Gasteiger partial charge in [0.15, 0.2) is 5.75 Å². The summed E-state index contributed by atoms with van der Waals surface area (Å²) in [6.45, 7) is 0. The zero-order valence-corrected chi connectivity index (χ0v) is 10.5. The summed E-state index contributed by atoms with van der Waals surface area (Å²) in [5.74, 6) is 1.12. The smallest absolute Gasteiger partial charge is 0.151 e. The van der Waals surface area contributed by atoms with Crippen LogP contribution in [0.2, 0.25) is 5.02 Å². The van der Waals surface area contributed by atoms with Crippen molar-refractivity contribution in [3.8, 4) is 11.5 Å². The lowest BCUT2D eigenvalue weighted by Gasteiger charge is -2.08. The number of halogens is 2. The van der Waals surface area contributed by atoms with E-state index in [2.05, 4.69) is 20.9 Å². The molecule has 0 aliphatic carbocycles. The van der Waals surface area contributed by atoms with Gasteiger partial charge in [-0.25, -0.2) is 0 Å². The summed E-state index contributed by atoms with van der Waals surface area (Å²) in [6.07, 6.45) is 3.12. The van der Waals surface area contributed by atoms with E-state index in [9.17, 15) is 0 Å². The molecule has 0 spiro atoms. The molecule has 0 aliphatic heterocycles. The summed E-state index contributed by atoms with van der Waals surface area (Å²) in [7, 11) is 0. The lowest BCUT2D eigenvalue weighted by Crippen LogP contribution is -1.92. The Morgan fingerprint density at radius 1 is 1.25 bits per heavy atom. The van der Waals surface area contributed by atoms with Crippen molar-refractivity contribution in [3.63, 3.8) is 0 Å². The van der Waals surface area contributed by atoms with Crippen molar-refractivity contribution in [3.05, 3.63) is 46.2 Å². The van der Waals surface area contributed by atoms with Gasteiger partial charge in [-0.15, -0.1) is 0 Å². The van der Waals surface area contributed by atoms with Gasteiger partial charge in [-0.2, -0.15) is 0 Å². The maximum atomic E-state index is 5.80. The van der Waals surface area contributed by atoms with Gasteiger partial charge in [0.1, 0.15) is 5.75 Å². The fourth-order valence-corrected chi connectivity index (χ4v) is 1.68. The summed E-state index contributed by atoms with van der Waals surface area (Å²) >= 11 is 9.15. The molecule has 82 valence electrons. The summed E-state index contributed by atoms with van der Waals surface area (Å²) in [5, 5.41) is 0.520. The van der Waals surface area contributed by atoms with Gasteiger partial charge in [0.05, 0.1) is 16.9 Å². The summed E-state index contributed by atoms with van der Waals surface area (Å²) in [6, 6.07) is 7.07. The Morgan fingerprint density at radius 3 is 2.81 bits per heavy atom. The van der Waals surface area contributed by atoms with E-state index >= 15 is 0 Å². The van der Waals surface area contributed by atoms with Crippen LogP contribution in [-0.4, -0.2) is 4.98 Å². The highest BCUT2D eigenvalue weighted by atomic mass is 79.9. The van der Waals surface area contributed by atoms with Crippen LogP contribution in [0, 0.1) is 0 Å². The van der Waals surface area contributed by atoms with E-state index in [0.717, 1.165) is 4.47 Å².